The number of nitrogens with zero attached hydrogens (tertiary/aromatic N) is 1. The number of H-pyrrole nitrogens is 1. The van der Waals surface area contributed by atoms with Crippen LogP contribution >= 0.6 is 11.6 Å². The van der Waals surface area contributed by atoms with Crippen molar-refractivity contribution in [3.05, 3.63) is 98.3 Å². The van der Waals surface area contributed by atoms with Crippen LogP contribution in [-0.2, 0) is 32.7 Å². The first kappa shape index (κ1) is 37.9. The number of carbonyl (C=O) groups excluding carboxylic acids is 2. The number of methoxy groups -OCH3 is 1. The lowest BCUT2D eigenvalue weighted by molar-refractivity contribution is -0.165. The number of rotatable bonds is 14. The van der Waals surface area contributed by atoms with Crippen LogP contribution in [0, 0.1) is 5.92 Å². The van der Waals surface area contributed by atoms with Crippen LogP contribution in [0.4, 0.5) is 5.69 Å². The number of amides is 1. The number of aromatic nitrogens is 1. The minimum atomic E-state index is -0.929. The fraction of sp³-hybridized carbons (Fsp3) is 0.452. The largest absolute Gasteiger partial charge is 0.506 e. The van der Waals surface area contributed by atoms with E-state index in [1.165, 1.54) is 19.2 Å². The van der Waals surface area contributed by atoms with Crippen molar-refractivity contribution in [3.8, 4) is 11.5 Å². The summed E-state index contributed by atoms with van der Waals surface area (Å²) in [5, 5.41) is 28.1. The molecule has 286 valence electrons. The van der Waals surface area contributed by atoms with Gasteiger partial charge in [-0.1, -0.05) is 54.8 Å². The van der Waals surface area contributed by atoms with Crippen LogP contribution in [0.3, 0.4) is 0 Å². The molecule has 54 heavy (non-hydrogen) atoms. The fourth-order valence-electron chi connectivity index (χ4n) is 8.60. The van der Waals surface area contributed by atoms with E-state index in [1.54, 1.807) is 24.3 Å². The van der Waals surface area contributed by atoms with E-state index in [2.05, 4.69) is 38.7 Å². The highest BCUT2D eigenvalue weighted by molar-refractivity contribution is 6.33. The lowest BCUT2D eigenvalue weighted by Gasteiger charge is -2.45. The summed E-state index contributed by atoms with van der Waals surface area (Å²) in [5.41, 5.74) is 3.18. The summed E-state index contributed by atoms with van der Waals surface area (Å²) in [7, 11) is 1.54. The molecule has 1 saturated carbocycles. The Bertz CT molecular complexity index is 2050. The number of phenolic OH excluding ortho intramolecular Hbond substituents is 1. The molecule has 1 amide bonds. The minimum Gasteiger partial charge on any atom is -0.506 e. The maximum atomic E-state index is 13.8. The third-order valence-corrected chi connectivity index (χ3v) is 11.9. The van der Waals surface area contributed by atoms with E-state index >= 15 is 0 Å². The molecule has 11 nitrogen and oxygen atoms in total. The van der Waals surface area contributed by atoms with Gasteiger partial charge in [0.25, 0.3) is 0 Å². The number of nitrogens with one attached hydrogen (secondary N) is 3. The molecule has 1 aliphatic carbocycles. The van der Waals surface area contributed by atoms with E-state index in [1.807, 2.05) is 6.07 Å². The standard InChI is InChI=1S/C42H49ClN4O7/c1-53-36-22-33(32(43)21-28(36)23-44-24-35(49)30-10-12-34(48)40-31(30)11-13-39(51)46-40)45-38(50)9-5-7-26-6-4-8-29(20-26)42(16-2-3-17-42)41(52)54-37-25-47-18-14-27(37)15-19-47/h4,6,8,10-13,20-22,27,35,37,44,48-49H,2-3,5,7,9,14-19,23-25H2,1H3,(H,45,50)(H,46,51)/t35-,37?/m0/s1. The molecule has 4 fully saturated rings. The summed E-state index contributed by atoms with van der Waals surface area (Å²) in [6.45, 7) is 3.56. The lowest BCUT2D eigenvalue weighted by Crippen LogP contribution is -2.53. The van der Waals surface area contributed by atoms with Gasteiger partial charge < -0.3 is 35.3 Å². The first-order valence-corrected chi connectivity index (χ1v) is 19.4. The zero-order valence-corrected chi connectivity index (χ0v) is 31.4. The highest BCUT2D eigenvalue weighted by Gasteiger charge is 2.47. The SMILES string of the molecule is COc1cc(NC(=O)CCCc2cccc(C3(C(=O)OC4CN5CCC4CC5)CCCC3)c2)c(Cl)cc1CNC[C@H](O)c1ccc(O)c2[nH]c(=O)ccc12. The van der Waals surface area contributed by atoms with Crippen molar-refractivity contribution in [1.82, 2.24) is 15.2 Å². The molecule has 12 heteroatoms. The van der Waals surface area contributed by atoms with Gasteiger partial charge >= 0.3 is 5.97 Å². The first-order chi connectivity index (χ1) is 26.1. The van der Waals surface area contributed by atoms with Gasteiger partial charge in [0.2, 0.25) is 11.5 Å². The van der Waals surface area contributed by atoms with Crippen molar-refractivity contribution in [2.24, 2.45) is 5.92 Å². The molecule has 4 aromatic rings. The van der Waals surface area contributed by atoms with Crippen molar-refractivity contribution in [2.75, 3.05) is 38.6 Å². The molecular formula is C42H49ClN4O7. The summed E-state index contributed by atoms with van der Waals surface area (Å²) in [4.78, 5) is 43.7. The number of hydrogen-bond donors (Lipinski definition) is 5. The van der Waals surface area contributed by atoms with Crippen LogP contribution in [0.5, 0.6) is 11.5 Å². The zero-order chi connectivity index (χ0) is 37.8. The summed E-state index contributed by atoms with van der Waals surface area (Å²) >= 11 is 6.62. The molecule has 3 saturated heterocycles. The highest BCUT2D eigenvalue weighted by Crippen LogP contribution is 2.44. The van der Waals surface area contributed by atoms with Gasteiger partial charge in [0.1, 0.15) is 17.6 Å². The number of hydrogen-bond acceptors (Lipinski definition) is 9. The molecule has 1 aromatic heterocycles. The Morgan fingerprint density at radius 3 is 2.61 bits per heavy atom. The number of anilines is 1. The number of piperidine rings is 3. The van der Waals surface area contributed by atoms with Gasteiger partial charge in [0.05, 0.1) is 34.9 Å². The lowest BCUT2D eigenvalue weighted by atomic mass is 9.77. The highest BCUT2D eigenvalue weighted by atomic mass is 35.5. The van der Waals surface area contributed by atoms with Gasteiger partial charge in [0.15, 0.2) is 0 Å². The number of aryl methyl sites for hydroxylation is 1. The van der Waals surface area contributed by atoms with Crippen LogP contribution in [0.2, 0.25) is 5.02 Å². The molecule has 1 unspecified atom stereocenters. The Morgan fingerprint density at radius 2 is 1.87 bits per heavy atom. The number of aliphatic hydroxyl groups excluding tert-OH is 1. The normalized spacial score (nSPS) is 20.8. The Hall–Kier alpha value is -4.42. The number of pyridine rings is 1. The van der Waals surface area contributed by atoms with E-state index in [-0.39, 0.29) is 47.8 Å². The van der Waals surface area contributed by atoms with Crippen LogP contribution < -0.4 is 20.9 Å². The maximum Gasteiger partial charge on any atom is 0.316 e. The molecule has 0 radical (unpaired) electrons. The Kier molecular flexibility index (Phi) is 11.6. The van der Waals surface area contributed by atoms with Gasteiger partial charge in [-0.25, -0.2) is 0 Å². The third-order valence-electron chi connectivity index (χ3n) is 11.6. The van der Waals surface area contributed by atoms with Crippen LogP contribution in [0.25, 0.3) is 10.9 Å². The Labute approximate surface area is 320 Å². The predicted octanol–water partition coefficient (Wildman–Crippen LogP) is 6.13. The number of fused-ring (bicyclic) bond motifs is 4. The van der Waals surface area contributed by atoms with E-state index in [0.717, 1.165) is 74.8 Å². The van der Waals surface area contributed by atoms with Crippen molar-refractivity contribution < 1.29 is 29.3 Å². The number of esters is 1. The van der Waals surface area contributed by atoms with E-state index in [9.17, 15) is 24.6 Å². The number of aromatic amines is 1. The number of benzene rings is 3. The number of aromatic hydroxyl groups is 1. The molecular weight excluding hydrogens is 708 g/mol. The molecule has 2 bridgehead atoms. The molecule has 4 heterocycles. The van der Waals surface area contributed by atoms with Crippen LogP contribution in [0.15, 0.2) is 65.5 Å². The first-order valence-electron chi connectivity index (χ1n) is 19.1. The van der Waals surface area contributed by atoms with Gasteiger partial charge in [-0.2, -0.15) is 0 Å². The average molecular weight is 757 g/mol. The fourth-order valence-corrected chi connectivity index (χ4v) is 8.83. The van der Waals surface area contributed by atoms with E-state index in [4.69, 9.17) is 21.1 Å². The van der Waals surface area contributed by atoms with Gasteiger partial charge in [-0.05, 0) is 92.4 Å². The van der Waals surface area contributed by atoms with Crippen LogP contribution in [0.1, 0.15) is 79.7 Å². The maximum absolute atomic E-state index is 13.8. The van der Waals surface area contributed by atoms with Crippen molar-refractivity contribution in [3.63, 3.8) is 0 Å². The molecule has 3 aliphatic heterocycles. The predicted molar refractivity (Wildman–Crippen MR) is 208 cm³/mol. The second kappa shape index (κ2) is 16.5. The van der Waals surface area contributed by atoms with Crippen molar-refractivity contribution in [2.45, 2.75) is 82.0 Å². The minimum absolute atomic E-state index is 0.00554. The Morgan fingerprint density at radius 1 is 1.07 bits per heavy atom. The number of phenols is 1. The van der Waals surface area contributed by atoms with Crippen molar-refractivity contribution in [1.29, 1.82) is 0 Å². The van der Waals surface area contributed by atoms with Crippen molar-refractivity contribution >= 4 is 40.1 Å². The molecule has 4 aliphatic rings. The third kappa shape index (κ3) is 8.15. The van der Waals surface area contributed by atoms with Gasteiger partial charge in [-0.15, -0.1) is 0 Å². The zero-order valence-electron chi connectivity index (χ0n) is 30.7. The number of ether oxygens (including phenoxy) is 2. The Balaban J connectivity index is 0.922. The van der Waals surface area contributed by atoms with Gasteiger partial charge in [0, 0.05) is 49.1 Å². The molecule has 8 rings (SSSR count). The monoisotopic (exact) mass is 756 g/mol. The van der Waals surface area contributed by atoms with Crippen LogP contribution in [-0.4, -0.2) is 71.4 Å². The number of aliphatic hydroxyl groups is 1. The average Bonchev–Trinajstić information content (AvgIpc) is 3.68. The summed E-state index contributed by atoms with van der Waals surface area (Å²) in [6, 6.07) is 17.7. The smallest absolute Gasteiger partial charge is 0.316 e. The molecule has 2 atom stereocenters. The number of carbonyl (C=O) groups is 2. The summed E-state index contributed by atoms with van der Waals surface area (Å²) in [5.74, 6) is 0.690. The van der Waals surface area contributed by atoms with Gasteiger partial charge in [-0.3, -0.25) is 19.3 Å². The topological polar surface area (TPSA) is 153 Å². The van der Waals surface area contributed by atoms with E-state index < -0.39 is 11.5 Å². The molecule has 0 spiro atoms. The summed E-state index contributed by atoms with van der Waals surface area (Å²) in [6.07, 6.45) is 6.52. The molecule has 3 aromatic carbocycles. The second-order valence-corrected chi connectivity index (χ2v) is 15.5. The number of halogens is 1. The van der Waals surface area contributed by atoms with E-state index in [0.29, 0.717) is 52.7 Å². The quantitative estimate of drug-likeness (QED) is 0.0957. The summed E-state index contributed by atoms with van der Waals surface area (Å²) < 4.78 is 11.9. The molecule has 5 N–H and O–H groups in total. The second-order valence-electron chi connectivity index (χ2n) is 15.0.